The van der Waals surface area contributed by atoms with E-state index < -0.39 is 0 Å². The first-order valence-electron chi connectivity index (χ1n) is 8.12. The lowest BCUT2D eigenvalue weighted by Gasteiger charge is -2.07. The molecule has 112 valence electrons. The molecule has 0 fully saturated rings. The third-order valence-electron chi connectivity index (χ3n) is 3.93. The van der Waals surface area contributed by atoms with Crippen molar-refractivity contribution in [2.75, 3.05) is 0 Å². The van der Waals surface area contributed by atoms with Crippen molar-refractivity contribution < 1.29 is 4.39 Å². The van der Waals surface area contributed by atoms with E-state index >= 15 is 0 Å². The van der Waals surface area contributed by atoms with E-state index in [0.29, 0.717) is 0 Å². The number of rotatable bonds is 7. The van der Waals surface area contributed by atoms with Crippen molar-refractivity contribution in [2.45, 2.75) is 52.4 Å². The highest BCUT2D eigenvalue weighted by Gasteiger charge is 2.05. The van der Waals surface area contributed by atoms with Crippen LogP contribution in [-0.2, 0) is 12.8 Å². The van der Waals surface area contributed by atoms with Crippen molar-refractivity contribution in [3.63, 3.8) is 0 Å². The second-order valence-electron chi connectivity index (χ2n) is 5.71. The second-order valence-corrected chi connectivity index (χ2v) is 5.71. The fraction of sp³-hybridized carbons (Fsp3) is 0.400. The molecule has 0 nitrogen and oxygen atoms in total. The molecule has 0 saturated heterocycles. The van der Waals surface area contributed by atoms with E-state index in [1.807, 2.05) is 12.1 Å². The summed E-state index contributed by atoms with van der Waals surface area (Å²) in [5.41, 5.74) is 4.25. The summed E-state index contributed by atoms with van der Waals surface area (Å²) in [5, 5.41) is 0. The molecule has 1 heteroatoms. The summed E-state index contributed by atoms with van der Waals surface area (Å²) in [6.07, 6.45) is 6.70. The molecule has 2 aromatic carbocycles. The number of hydrogen-bond acceptors (Lipinski definition) is 0. The molecule has 0 heterocycles. The Morgan fingerprint density at radius 3 is 2.10 bits per heavy atom. The zero-order valence-electron chi connectivity index (χ0n) is 13.2. The topological polar surface area (TPSA) is 0 Å². The molecule has 2 aromatic rings. The van der Waals surface area contributed by atoms with Crippen molar-refractivity contribution >= 4 is 0 Å². The summed E-state index contributed by atoms with van der Waals surface area (Å²) in [4.78, 5) is 0. The van der Waals surface area contributed by atoms with Crippen LogP contribution in [0.4, 0.5) is 4.39 Å². The van der Waals surface area contributed by atoms with E-state index in [4.69, 9.17) is 0 Å². The number of hydrogen-bond donors (Lipinski definition) is 0. The minimum absolute atomic E-state index is 0.0821. The van der Waals surface area contributed by atoms with Crippen LogP contribution in [0.3, 0.4) is 0 Å². The molecule has 0 atom stereocenters. The predicted molar refractivity (Wildman–Crippen MR) is 89.1 cm³/mol. The molecule has 0 bridgehead atoms. The fourth-order valence-electron chi connectivity index (χ4n) is 2.64. The number of unbranched alkanes of at least 4 members (excludes halogenated alkanes) is 2. The maximum atomic E-state index is 14.0. The molecule has 0 aliphatic heterocycles. The first-order valence-corrected chi connectivity index (χ1v) is 8.12. The molecule has 0 amide bonds. The third kappa shape index (κ3) is 4.42. The molecule has 0 radical (unpaired) electrons. The lowest BCUT2D eigenvalue weighted by Crippen LogP contribution is -1.91. The van der Waals surface area contributed by atoms with Gasteiger partial charge in [0.2, 0.25) is 0 Å². The molecule has 0 saturated carbocycles. The summed E-state index contributed by atoms with van der Waals surface area (Å²) < 4.78 is 14.0. The molecule has 2 rings (SSSR count). The first-order chi connectivity index (χ1) is 10.2. The summed E-state index contributed by atoms with van der Waals surface area (Å²) in [6, 6.07) is 14.2. The van der Waals surface area contributed by atoms with Gasteiger partial charge < -0.3 is 0 Å². The van der Waals surface area contributed by atoms with E-state index in [1.165, 1.54) is 24.8 Å². The van der Waals surface area contributed by atoms with Crippen LogP contribution < -0.4 is 0 Å². The summed E-state index contributed by atoms with van der Waals surface area (Å²) in [5.74, 6) is -0.0821. The Labute approximate surface area is 128 Å². The van der Waals surface area contributed by atoms with Gasteiger partial charge >= 0.3 is 0 Å². The van der Waals surface area contributed by atoms with Gasteiger partial charge in [0.25, 0.3) is 0 Å². The van der Waals surface area contributed by atoms with E-state index in [-0.39, 0.29) is 5.82 Å². The summed E-state index contributed by atoms with van der Waals surface area (Å²) >= 11 is 0. The van der Waals surface area contributed by atoms with Crippen LogP contribution in [0.25, 0.3) is 11.1 Å². The fourth-order valence-corrected chi connectivity index (χ4v) is 2.64. The number of aryl methyl sites for hydroxylation is 2. The average Bonchev–Trinajstić information content (AvgIpc) is 2.50. The monoisotopic (exact) mass is 284 g/mol. The van der Waals surface area contributed by atoms with Crippen LogP contribution in [0.2, 0.25) is 0 Å². The maximum absolute atomic E-state index is 14.0. The quantitative estimate of drug-likeness (QED) is 0.533. The van der Waals surface area contributed by atoms with Crippen molar-refractivity contribution in [1.29, 1.82) is 0 Å². The van der Waals surface area contributed by atoms with Gasteiger partial charge in [-0.3, -0.25) is 0 Å². The Morgan fingerprint density at radius 2 is 1.48 bits per heavy atom. The molecule has 0 aromatic heterocycles. The van der Waals surface area contributed by atoms with E-state index in [1.54, 1.807) is 6.07 Å². The predicted octanol–water partition coefficient (Wildman–Crippen LogP) is 6.18. The van der Waals surface area contributed by atoms with Gasteiger partial charge in [0.05, 0.1) is 0 Å². The first kappa shape index (κ1) is 15.8. The van der Waals surface area contributed by atoms with Gasteiger partial charge in [-0.2, -0.15) is 0 Å². The molecule has 0 aliphatic carbocycles. The Hall–Kier alpha value is -1.63. The Balaban J connectivity index is 2.09. The molecular formula is C20H25F. The Bertz CT molecular complexity index is 555. The molecule has 21 heavy (non-hydrogen) atoms. The van der Waals surface area contributed by atoms with E-state index in [0.717, 1.165) is 36.0 Å². The van der Waals surface area contributed by atoms with Crippen LogP contribution in [0.5, 0.6) is 0 Å². The lowest BCUT2D eigenvalue weighted by atomic mass is 9.99. The third-order valence-corrected chi connectivity index (χ3v) is 3.93. The van der Waals surface area contributed by atoms with Gasteiger partial charge in [0, 0.05) is 0 Å². The van der Waals surface area contributed by atoms with Gasteiger partial charge in [0.1, 0.15) is 5.82 Å². The van der Waals surface area contributed by atoms with Gasteiger partial charge in [-0.05, 0) is 47.6 Å². The van der Waals surface area contributed by atoms with E-state index in [2.05, 4.69) is 38.1 Å². The summed E-state index contributed by atoms with van der Waals surface area (Å²) in [7, 11) is 0. The van der Waals surface area contributed by atoms with Crippen LogP contribution in [0, 0.1) is 5.82 Å². The Kier molecular flexibility index (Phi) is 5.98. The zero-order chi connectivity index (χ0) is 15.1. The van der Waals surface area contributed by atoms with Crippen molar-refractivity contribution in [1.82, 2.24) is 0 Å². The standard InChI is InChI=1S/C20H25F/c1-3-5-6-8-16-9-11-17(12-10-16)19-14-13-18(7-4-2)20(21)15-19/h9-15H,3-8H2,1-2H3. The van der Waals surface area contributed by atoms with Gasteiger partial charge in [-0.25, -0.2) is 4.39 Å². The average molecular weight is 284 g/mol. The zero-order valence-corrected chi connectivity index (χ0v) is 13.2. The molecular weight excluding hydrogens is 259 g/mol. The number of halogens is 1. The molecule has 0 spiro atoms. The minimum Gasteiger partial charge on any atom is -0.207 e. The molecule has 0 N–H and O–H groups in total. The lowest BCUT2D eigenvalue weighted by molar-refractivity contribution is 0.608. The van der Waals surface area contributed by atoms with Crippen LogP contribution >= 0.6 is 0 Å². The molecule has 0 unspecified atom stereocenters. The van der Waals surface area contributed by atoms with Crippen molar-refractivity contribution in [3.8, 4) is 11.1 Å². The van der Waals surface area contributed by atoms with Gasteiger partial charge in [-0.15, -0.1) is 0 Å². The second kappa shape index (κ2) is 7.97. The van der Waals surface area contributed by atoms with Crippen LogP contribution in [0.1, 0.15) is 50.7 Å². The van der Waals surface area contributed by atoms with Gasteiger partial charge in [-0.1, -0.05) is 69.5 Å². The highest BCUT2D eigenvalue weighted by molar-refractivity contribution is 5.64. The van der Waals surface area contributed by atoms with Crippen molar-refractivity contribution in [2.24, 2.45) is 0 Å². The smallest absolute Gasteiger partial charge is 0.127 e. The maximum Gasteiger partial charge on any atom is 0.127 e. The number of benzene rings is 2. The normalized spacial score (nSPS) is 10.8. The SMILES string of the molecule is CCCCCc1ccc(-c2ccc(CCC)c(F)c2)cc1. The van der Waals surface area contributed by atoms with E-state index in [9.17, 15) is 4.39 Å². The highest BCUT2D eigenvalue weighted by Crippen LogP contribution is 2.23. The van der Waals surface area contributed by atoms with Gasteiger partial charge in [0.15, 0.2) is 0 Å². The minimum atomic E-state index is -0.0821. The largest absolute Gasteiger partial charge is 0.207 e. The molecule has 0 aliphatic rings. The van der Waals surface area contributed by atoms with Crippen LogP contribution in [0.15, 0.2) is 42.5 Å². The Morgan fingerprint density at radius 1 is 0.762 bits per heavy atom. The van der Waals surface area contributed by atoms with Crippen molar-refractivity contribution in [3.05, 3.63) is 59.4 Å². The van der Waals surface area contributed by atoms with Crippen LogP contribution in [-0.4, -0.2) is 0 Å². The highest BCUT2D eigenvalue weighted by atomic mass is 19.1. The summed E-state index contributed by atoms with van der Waals surface area (Å²) in [6.45, 7) is 4.30.